The standard InChI is InChI=1S/C15H13Cl2N3O5/c16-10-1-3-13(12(17)7-10)25-9-15(21)24-6-5-18-14-4-2-11(8-19-14)20(22)23/h1-4,7-8H,5-6,9H2,(H,18,19). The number of hydrogen-bond acceptors (Lipinski definition) is 7. The van der Waals surface area contributed by atoms with E-state index in [1.165, 1.54) is 18.2 Å². The van der Waals surface area contributed by atoms with Crippen LogP contribution in [0.2, 0.25) is 10.0 Å². The van der Waals surface area contributed by atoms with Crippen molar-refractivity contribution >= 4 is 40.7 Å². The third-order valence-electron chi connectivity index (χ3n) is 2.87. The van der Waals surface area contributed by atoms with Gasteiger partial charge in [-0.25, -0.2) is 9.78 Å². The van der Waals surface area contributed by atoms with E-state index < -0.39 is 10.9 Å². The average Bonchev–Trinajstić information content (AvgIpc) is 2.58. The van der Waals surface area contributed by atoms with Crippen molar-refractivity contribution in [2.24, 2.45) is 0 Å². The van der Waals surface area contributed by atoms with Crippen LogP contribution in [0.25, 0.3) is 0 Å². The van der Waals surface area contributed by atoms with Gasteiger partial charge >= 0.3 is 5.97 Å². The number of rotatable bonds is 8. The molecule has 0 spiro atoms. The third kappa shape index (κ3) is 6.09. The number of anilines is 1. The molecule has 25 heavy (non-hydrogen) atoms. The van der Waals surface area contributed by atoms with E-state index >= 15 is 0 Å². The van der Waals surface area contributed by atoms with E-state index in [-0.39, 0.29) is 25.4 Å². The Balaban J connectivity index is 1.67. The van der Waals surface area contributed by atoms with Gasteiger partial charge in [0.2, 0.25) is 0 Å². The fourth-order valence-electron chi connectivity index (χ4n) is 1.71. The number of carbonyl (C=O) groups excluding carboxylic acids is 1. The number of halogens is 2. The maximum Gasteiger partial charge on any atom is 0.344 e. The van der Waals surface area contributed by atoms with E-state index in [1.807, 2.05) is 0 Å². The number of aromatic nitrogens is 1. The van der Waals surface area contributed by atoms with Gasteiger partial charge in [-0.2, -0.15) is 0 Å². The van der Waals surface area contributed by atoms with Gasteiger partial charge in [-0.3, -0.25) is 10.1 Å². The number of nitrogens with one attached hydrogen (secondary N) is 1. The van der Waals surface area contributed by atoms with Gasteiger partial charge in [0.1, 0.15) is 24.4 Å². The van der Waals surface area contributed by atoms with Crippen molar-refractivity contribution in [1.82, 2.24) is 4.98 Å². The van der Waals surface area contributed by atoms with Crippen molar-refractivity contribution in [2.75, 3.05) is 25.1 Å². The molecule has 0 radical (unpaired) electrons. The molecule has 2 rings (SSSR count). The lowest BCUT2D eigenvalue weighted by Gasteiger charge is -2.09. The van der Waals surface area contributed by atoms with Gasteiger partial charge in [-0.15, -0.1) is 0 Å². The zero-order valence-corrected chi connectivity index (χ0v) is 14.3. The Morgan fingerprint density at radius 1 is 1.28 bits per heavy atom. The molecule has 0 aliphatic heterocycles. The molecule has 0 amide bonds. The highest BCUT2D eigenvalue weighted by Gasteiger charge is 2.08. The lowest BCUT2D eigenvalue weighted by Crippen LogP contribution is -2.19. The first-order chi connectivity index (χ1) is 12.0. The van der Waals surface area contributed by atoms with Gasteiger partial charge in [0.05, 0.1) is 16.5 Å². The summed E-state index contributed by atoms with van der Waals surface area (Å²) in [5.74, 6) is 0.201. The van der Waals surface area contributed by atoms with Crippen LogP contribution in [0.1, 0.15) is 0 Å². The molecule has 1 aromatic heterocycles. The summed E-state index contributed by atoms with van der Waals surface area (Å²) in [6, 6.07) is 7.44. The van der Waals surface area contributed by atoms with E-state index in [0.29, 0.717) is 21.6 Å². The summed E-state index contributed by atoms with van der Waals surface area (Å²) in [6.07, 6.45) is 1.14. The van der Waals surface area contributed by atoms with Crippen LogP contribution in [0.3, 0.4) is 0 Å². The van der Waals surface area contributed by atoms with E-state index in [1.54, 1.807) is 12.1 Å². The molecule has 0 aliphatic carbocycles. The molecule has 0 saturated heterocycles. The van der Waals surface area contributed by atoms with E-state index in [0.717, 1.165) is 6.20 Å². The second-order valence-electron chi connectivity index (χ2n) is 4.67. The molecule has 10 heteroatoms. The molecule has 0 unspecified atom stereocenters. The Kier molecular flexibility index (Phi) is 6.79. The number of benzene rings is 1. The highest BCUT2D eigenvalue weighted by molar-refractivity contribution is 6.35. The monoisotopic (exact) mass is 385 g/mol. The van der Waals surface area contributed by atoms with Crippen molar-refractivity contribution < 1.29 is 19.2 Å². The van der Waals surface area contributed by atoms with Crippen LogP contribution in [-0.2, 0) is 9.53 Å². The van der Waals surface area contributed by atoms with Gasteiger partial charge in [0.15, 0.2) is 6.61 Å². The minimum absolute atomic E-state index is 0.0786. The minimum atomic E-state index is -0.565. The first-order valence-corrected chi connectivity index (χ1v) is 7.79. The van der Waals surface area contributed by atoms with Crippen molar-refractivity contribution in [3.05, 3.63) is 56.7 Å². The number of carbonyl (C=O) groups is 1. The van der Waals surface area contributed by atoms with Gasteiger partial charge in [0, 0.05) is 11.1 Å². The van der Waals surface area contributed by atoms with Crippen LogP contribution in [-0.4, -0.2) is 35.6 Å². The van der Waals surface area contributed by atoms with E-state index in [4.69, 9.17) is 32.7 Å². The summed E-state index contributed by atoms with van der Waals surface area (Å²) < 4.78 is 10.2. The second kappa shape index (κ2) is 9.05. The van der Waals surface area contributed by atoms with Crippen LogP contribution in [0, 0.1) is 10.1 Å². The molecule has 1 aromatic carbocycles. The molecular weight excluding hydrogens is 373 g/mol. The van der Waals surface area contributed by atoms with Crippen LogP contribution in [0.5, 0.6) is 5.75 Å². The highest BCUT2D eigenvalue weighted by atomic mass is 35.5. The number of nitro groups is 1. The maximum absolute atomic E-state index is 11.6. The van der Waals surface area contributed by atoms with Crippen molar-refractivity contribution in [1.29, 1.82) is 0 Å². The van der Waals surface area contributed by atoms with Gasteiger partial charge in [-0.1, -0.05) is 23.2 Å². The number of ether oxygens (including phenoxy) is 2. The molecule has 0 saturated carbocycles. The first kappa shape index (κ1) is 18.8. The Hall–Kier alpha value is -2.58. The van der Waals surface area contributed by atoms with Crippen LogP contribution >= 0.6 is 23.2 Å². The largest absolute Gasteiger partial charge is 0.480 e. The molecule has 0 aliphatic rings. The zero-order valence-electron chi connectivity index (χ0n) is 12.8. The molecule has 0 fully saturated rings. The van der Waals surface area contributed by atoms with Gasteiger partial charge < -0.3 is 14.8 Å². The summed E-state index contributed by atoms with van der Waals surface area (Å²) in [6.45, 7) is 0.0740. The molecule has 2 aromatic rings. The lowest BCUT2D eigenvalue weighted by atomic mass is 10.3. The summed E-state index contributed by atoms with van der Waals surface area (Å²) in [5.41, 5.74) is -0.102. The smallest absolute Gasteiger partial charge is 0.344 e. The molecule has 0 bridgehead atoms. The topological polar surface area (TPSA) is 104 Å². The second-order valence-corrected chi connectivity index (χ2v) is 5.51. The average molecular weight is 386 g/mol. The SMILES string of the molecule is O=C(COc1ccc(Cl)cc1Cl)OCCNc1ccc([N+](=O)[O-])cn1. The summed E-state index contributed by atoms with van der Waals surface area (Å²) in [5, 5.41) is 14.1. The Morgan fingerprint density at radius 2 is 2.08 bits per heavy atom. The number of esters is 1. The predicted molar refractivity (Wildman–Crippen MR) is 92.3 cm³/mol. The lowest BCUT2D eigenvalue weighted by molar-refractivity contribution is -0.385. The highest BCUT2D eigenvalue weighted by Crippen LogP contribution is 2.27. The molecular formula is C15H13Cl2N3O5. The summed E-state index contributed by atoms with van der Waals surface area (Å²) >= 11 is 11.7. The van der Waals surface area contributed by atoms with Crippen molar-refractivity contribution in [3.8, 4) is 5.75 Å². The van der Waals surface area contributed by atoms with Gasteiger partial charge in [-0.05, 0) is 24.3 Å². The number of nitrogens with zero attached hydrogens (tertiary/aromatic N) is 2. The number of hydrogen-bond donors (Lipinski definition) is 1. The molecule has 1 heterocycles. The molecule has 0 atom stereocenters. The molecule has 1 N–H and O–H groups in total. The van der Waals surface area contributed by atoms with Gasteiger partial charge in [0.25, 0.3) is 5.69 Å². The van der Waals surface area contributed by atoms with Crippen LogP contribution < -0.4 is 10.1 Å². The predicted octanol–water partition coefficient (Wildman–Crippen LogP) is 3.33. The van der Waals surface area contributed by atoms with Crippen LogP contribution in [0.4, 0.5) is 11.5 Å². The Bertz CT molecular complexity index is 755. The van der Waals surface area contributed by atoms with Crippen molar-refractivity contribution in [3.63, 3.8) is 0 Å². The molecule has 8 nitrogen and oxygen atoms in total. The summed E-state index contributed by atoms with van der Waals surface area (Å²) in [7, 11) is 0. The fraction of sp³-hybridized carbons (Fsp3) is 0.200. The molecule has 132 valence electrons. The number of pyridine rings is 1. The Labute approximate surface area is 152 Å². The summed E-state index contributed by atoms with van der Waals surface area (Å²) in [4.78, 5) is 25.4. The quantitative estimate of drug-likeness (QED) is 0.321. The first-order valence-electron chi connectivity index (χ1n) is 7.03. The normalized spacial score (nSPS) is 10.2. The minimum Gasteiger partial charge on any atom is -0.480 e. The fourth-order valence-corrected chi connectivity index (χ4v) is 2.18. The van der Waals surface area contributed by atoms with Crippen LogP contribution in [0.15, 0.2) is 36.5 Å². The maximum atomic E-state index is 11.6. The third-order valence-corrected chi connectivity index (χ3v) is 3.40. The Morgan fingerprint density at radius 3 is 2.72 bits per heavy atom. The van der Waals surface area contributed by atoms with Crippen molar-refractivity contribution in [2.45, 2.75) is 0 Å². The van der Waals surface area contributed by atoms with E-state index in [9.17, 15) is 14.9 Å². The zero-order chi connectivity index (χ0) is 18.2. The van der Waals surface area contributed by atoms with E-state index in [2.05, 4.69) is 10.3 Å².